The molecular weight excluding hydrogens is 214 g/mol. The first-order chi connectivity index (χ1) is 8.35. The second-order valence-electron chi connectivity index (χ2n) is 4.19. The van der Waals surface area contributed by atoms with Crippen molar-refractivity contribution in [3.8, 4) is 6.07 Å². The lowest BCUT2D eigenvalue weighted by Gasteiger charge is -2.28. The minimum absolute atomic E-state index is 0.432. The maximum atomic E-state index is 8.87. The third kappa shape index (κ3) is 2.71. The Morgan fingerprint density at radius 2 is 2.53 bits per heavy atom. The number of hydrogen-bond donors (Lipinski definition) is 1. The van der Waals surface area contributed by atoms with Gasteiger partial charge in [0.15, 0.2) is 0 Å². The molecule has 0 amide bonds. The topological polar surface area (TPSA) is 64.8 Å². The molecule has 0 spiro atoms. The van der Waals surface area contributed by atoms with E-state index in [1.54, 1.807) is 12.3 Å². The second-order valence-corrected chi connectivity index (χ2v) is 4.19. The summed E-state index contributed by atoms with van der Waals surface area (Å²) in [6.07, 6.45) is 3.82. The normalized spacial score (nSPS) is 18.9. The van der Waals surface area contributed by atoms with Gasteiger partial charge in [-0.25, -0.2) is 9.97 Å². The van der Waals surface area contributed by atoms with Crippen LogP contribution in [0.4, 0.5) is 5.95 Å². The average molecular weight is 231 g/mol. The van der Waals surface area contributed by atoms with Gasteiger partial charge in [-0.15, -0.1) is 0 Å². The summed E-state index contributed by atoms with van der Waals surface area (Å²) < 4.78 is 0. The van der Waals surface area contributed by atoms with E-state index in [0.717, 1.165) is 32.5 Å². The molecule has 1 atom stereocenters. The highest BCUT2D eigenvalue weighted by Gasteiger charge is 2.23. The summed E-state index contributed by atoms with van der Waals surface area (Å²) >= 11 is 0. The molecule has 1 aliphatic rings. The summed E-state index contributed by atoms with van der Waals surface area (Å²) in [5.74, 6) is 0.680. The van der Waals surface area contributed by atoms with Gasteiger partial charge >= 0.3 is 0 Å². The molecule has 1 aromatic heterocycles. The molecule has 5 heteroatoms. The minimum Gasteiger partial charge on any atom is -0.336 e. The van der Waals surface area contributed by atoms with Gasteiger partial charge < -0.3 is 10.2 Å². The SMILES string of the molecule is CCCN(c1nccc(C#N)n1)C1CCNC1. The predicted octanol–water partition coefficient (Wildman–Crippen LogP) is 0.927. The molecule has 1 fully saturated rings. The summed E-state index contributed by atoms with van der Waals surface area (Å²) in [5.41, 5.74) is 0.432. The number of rotatable bonds is 4. The van der Waals surface area contributed by atoms with E-state index in [-0.39, 0.29) is 0 Å². The van der Waals surface area contributed by atoms with Gasteiger partial charge in [0.1, 0.15) is 11.8 Å². The van der Waals surface area contributed by atoms with E-state index in [1.165, 1.54) is 0 Å². The monoisotopic (exact) mass is 231 g/mol. The Labute approximate surface area is 101 Å². The van der Waals surface area contributed by atoms with Gasteiger partial charge in [0, 0.05) is 25.3 Å². The van der Waals surface area contributed by atoms with Crippen LogP contribution in [-0.2, 0) is 0 Å². The van der Waals surface area contributed by atoms with Crippen LogP contribution >= 0.6 is 0 Å². The zero-order valence-corrected chi connectivity index (χ0v) is 10.1. The molecule has 1 aromatic rings. The highest BCUT2D eigenvalue weighted by molar-refractivity contribution is 5.35. The second kappa shape index (κ2) is 5.60. The maximum Gasteiger partial charge on any atom is 0.226 e. The molecule has 1 N–H and O–H groups in total. The van der Waals surface area contributed by atoms with Crippen LogP contribution in [0.2, 0.25) is 0 Å². The lowest BCUT2D eigenvalue weighted by Crippen LogP contribution is -2.38. The Bertz CT molecular complexity index is 406. The fourth-order valence-corrected chi connectivity index (χ4v) is 2.14. The fourth-order valence-electron chi connectivity index (χ4n) is 2.14. The molecule has 5 nitrogen and oxygen atoms in total. The van der Waals surface area contributed by atoms with E-state index in [4.69, 9.17) is 5.26 Å². The van der Waals surface area contributed by atoms with Gasteiger partial charge in [-0.3, -0.25) is 0 Å². The maximum absolute atomic E-state index is 8.87. The molecule has 90 valence electrons. The van der Waals surface area contributed by atoms with Crippen molar-refractivity contribution in [2.24, 2.45) is 0 Å². The number of nitrogens with one attached hydrogen (secondary N) is 1. The van der Waals surface area contributed by atoms with Crippen molar-refractivity contribution in [1.82, 2.24) is 15.3 Å². The van der Waals surface area contributed by atoms with Crippen LogP contribution in [0, 0.1) is 11.3 Å². The highest BCUT2D eigenvalue weighted by atomic mass is 15.3. The number of aromatic nitrogens is 2. The first-order valence-electron chi connectivity index (χ1n) is 6.05. The molecule has 0 saturated carbocycles. The lowest BCUT2D eigenvalue weighted by molar-refractivity contribution is 0.609. The van der Waals surface area contributed by atoms with E-state index in [9.17, 15) is 0 Å². The van der Waals surface area contributed by atoms with Crippen LogP contribution in [-0.4, -0.2) is 35.6 Å². The van der Waals surface area contributed by atoms with E-state index < -0.39 is 0 Å². The van der Waals surface area contributed by atoms with Crippen molar-refractivity contribution in [3.05, 3.63) is 18.0 Å². The summed E-state index contributed by atoms with van der Waals surface area (Å²) in [6.45, 7) is 5.09. The number of hydrogen-bond acceptors (Lipinski definition) is 5. The van der Waals surface area contributed by atoms with Crippen LogP contribution < -0.4 is 10.2 Å². The Balaban J connectivity index is 2.21. The molecule has 17 heavy (non-hydrogen) atoms. The number of nitriles is 1. The molecule has 0 aromatic carbocycles. The molecule has 0 bridgehead atoms. The van der Waals surface area contributed by atoms with E-state index in [0.29, 0.717) is 17.7 Å². The Morgan fingerprint density at radius 3 is 3.18 bits per heavy atom. The fraction of sp³-hybridized carbons (Fsp3) is 0.583. The van der Waals surface area contributed by atoms with Crippen molar-refractivity contribution in [2.75, 3.05) is 24.5 Å². The van der Waals surface area contributed by atoms with Gasteiger partial charge in [0.05, 0.1) is 0 Å². The van der Waals surface area contributed by atoms with Crippen molar-refractivity contribution < 1.29 is 0 Å². The standard InChI is InChI=1S/C12H17N5/c1-2-7-17(11-4-5-14-9-11)12-15-6-3-10(8-13)16-12/h3,6,11,14H,2,4-5,7,9H2,1H3. The van der Waals surface area contributed by atoms with Crippen LogP contribution in [0.5, 0.6) is 0 Å². The first-order valence-corrected chi connectivity index (χ1v) is 6.05. The molecule has 1 saturated heterocycles. The van der Waals surface area contributed by atoms with E-state index in [2.05, 4.69) is 33.2 Å². The van der Waals surface area contributed by atoms with Gasteiger partial charge in [-0.2, -0.15) is 5.26 Å². The number of anilines is 1. The van der Waals surface area contributed by atoms with Gasteiger partial charge in [0.25, 0.3) is 0 Å². The molecule has 1 aliphatic heterocycles. The predicted molar refractivity (Wildman–Crippen MR) is 65.7 cm³/mol. The van der Waals surface area contributed by atoms with E-state index in [1.807, 2.05) is 0 Å². The summed E-state index contributed by atoms with van der Waals surface area (Å²) in [5, 5.41) is 12.2. The van der Waals surface area contributed by atoms with Crippen molar-refractivity contribution in [1.29, 1.82) is 5.26 Å². The summed E-state index contributed by atoms with van der Waals surface area (Å²) in [6, 6.07) is 4.15. The average Bonchev–Trinajstić information content (AvgIpc) is 2.89. The highest BCUT2D eigenvalue weighted by Crippen LogP contribution is 2.16. The van der Waals surface area contributed by atoms with Crippen molar-refractivity contribution in [2.45, 2.75) is 25.8 Å². The zero-order valence-electron chi connectivity index (χ0n) is 10.1. The Morgan fingerprint density at radius 1 is 1.65 bits per heavy atom. The van der Waals surface area contributed by atoms with Gasteiger partial charge in [-0.1, -0.05) is 6.92 Å². The summed E-state index contributed by atoms with van der Waals surface area (Å²) in [4.78, 5) is 10.8. The molecule has 0 aliphatic carbocycles. The first kappa shape index (κ1) is 11.8. The van der Waals surface area contributed by atoms with Crippen LogP contribution in [0.3, 0.4) is 0 Å². The summed E-state index contributed by atoms with van der Waals surface area (Å²) in [7, 11) is 0. The largest absolute Gasteiger partial charge is 0.336 e. The van der Waals surface area contributed by atoms with Gasteiger partial charge in [0.2, 0.25) is 5.95 Å². The van der Waals surface area contributed by atoms with Crippen LogP contribution in [0.25, 0.3) is 0 Å². The Kier molecular flexibility index (Phi) is 3.89. The molecule has 1 unspecified atom stereocenters. The van der Waals surface area contributed by atoms with Crippen molar-refractivity contribution >= 4 is 5.95 Å². The molecular formula is C12H17N5. The molecule has 2 rings (SSSR count). The van der Waals surface area contributed by atoms with Crippen LogP contribution in [0.15, 0.2) is 12.3 Å². The minimum atomic E-state index is 0.432. The van der Waals surface area contributed by atoms with Crippen LogP contribution in [0.1, 0.15) is 25.5 Å². The quantitative estimate of drug-likeness (QED) is 0.835. The zero-order chi connectivity index (χ0) is 12.1. The van der Waals surface area contributed by atoms with Crippen molar-refractivity contribution in [3.63, 3.8) is 0 Å². The molecule has 0 radical (unpaired) electrons. The third-order valence-corrected chi connectivity index (χ3v) is 2.95. The Hall–Kier alpha value is -1.67. The van der Waals surface area contributed by atoms with E-state index >= 15 is 0 Å². The molecule has 2 heterocycles. The smallest absolute Gasteiger partial charge is 0.226 e. The van der Waals surface area contributed by atoms with Gasteiger partial charge in [-0.05, 0) is 25.5 Å². The third-order valence-electron chi connectivity index (χ3n) is 2.95. The lowest BCUT2D eigenvalue weighted by atomic mass is 10.2. The number of nitrogens with zero attached hydrogens (tertiary/aromatic N) is 4.